The molecule has 0 saturated carbocycles. The highest BCUT2D eigenvalue weighted by Gasteiger charge is 2.19. The number of hydrogen-bond donors (Lipinski definition) is 2. The van der Waals surface area contributed by atoms with Gasteiger partial charge in [0.15, 0.2) is 0 Å². The highest BCUT2D eigenvalue weighted by molar-refractivity contribution is 5.88. The molecule has 1 saturated heterocycles. The Bertz CT molecular complexity index is 476. The zero-order chi connectivity index (χ0) is 14.5. The maximum absolute atomic E-state index is 11.2. The second-order valence-electron chi connectivity index (χ2n) is 5.59. The van der Waals surface area contributed by atoms with Gasteiger partial charge in [-0.2, -0.15) is 0 Å². The minimum absolute atomic E-state index is 0.314. The molecule has 1 fully saturated rings. The van der Waals surface area contributed by atoms with Gasteiger partial charge in [0, 0.05) is 18.8 Å². The molecule has 1 aliphatic rings. The van der Waals surface area contributed by atoms with Crippen LogP contribution in [0.4, 0.5) is 5.82 Å². The van der Waals surface area contributed by atoms with Gasteiger partial charge in [-0.05, 0) is 44.5 Å². The topological polar surface area (TPSA) is 65.5 Å². The van der Waals surface area contributed by atoms with Crippen molar-refractivity contribution in [3.05, 3.63) is 23.4 Å². The number of pyridine rings is 1. The molecule has 0 amide bonds. The van der Waals surface area contributed by atoms with Crippen molar-refractivity contribution >= 4 is 11.8 Å². The lowest BCUT2D eigenvalue weighted by Gasteiger charge is -2.13. The third kappa shape index (κ3) is 3.93. The number of nitrogens with one attached hydrogen (secondary N) is 1. The summed E-state index contributed by atoms with van der Waals surface area (Å²) >= 11 is 0. The fraction of sp³-hybridized carbons (Fsp3) is 0.600. The van der Waals surface area contributed by atoms with E-state index >= 15 is 0 Å². The lowest BCUT2D eigenvalue weighted by Crippen LogP contribution is -2.19. The number of carboxylic acids is 1. The Kier molecular flexibility index (Phi) is 4.95. The lowest BCUT2D eigenvalue weighted by atomic mass is 10.1. The number of aromatic carboxylic acids is 1. The number of aromatic nitrogens is 1. The summed E-state index contributed by atoms with van der Waals surface area (Å²) in [6.45, 7) is 5.14. The highest BCUT2D eigenvalue weighted by atomic mass is 16.4. The van der Waals surface area contributed by atoms with Crippen molar-refractivity contribution in [2.24, 2.45) is 5.92 Å². The third-order valence-corrected chi connectivity index (χ3v) is 3.69. The monoisotopic (exact) mass is 277 g/mol. The van der Waals surface area contributed by atoms with Crippen molar-refractivity contribution in [1.82, 2.24) is 9.88 Å². The minimum Gasteiger partial charge on any atom is -0.478 e. The average molecular weight is 277 g/mol. The van der Waals surface area contributed by atoms with Crippen molar-refractivity contribution in [2.75, 3.05) is 32.0 Å². The molecule has 5 nitrogen and oxygen atoms in total. The second kappa shape index (κ2) is 6.70. The molecule has 2 N–H and O–H groups in total. The van der Waals surface area contributed by atoms with Crippen molar-refractivity contribution < 1.29 is 9.90 Å². The van der Waals surface area contributed by atoms with E-state index < -0.39 is 5.97 Å². The smallest absolute Gasteiger partial charge is 0.335 e. The highest BCUT2D eigenvalue weighted by Crippen LogP contribution is 2.17. The SMILES string of the molecule is CCCc1cc(C(=O)O)cc(NCC2CCN(C)C2)n1. The number of hydrogen-bond acceptors (Lipinski definition) is 4. The van der Waals surface area contributed by atoms with Gasteiger partial charge in [0.1, 0.15) is 5.82 Å². The molecule has 0 radical (unpaired) electrons. The zero-order valence-electron chi connectivity index (χ0n) is 12.2. The number of carboxylic acid groups (broad SMARTS) is 1. The van der Waals surface area contributed by atoms with Crippen LogP contribution in [0.1, 0.15) is 35.8 Å². The first-order chi connectivity index (χ1) is 9.58. The quantitative estimate of drug-likeness (QED) is 0.833. The summed E-state index contributed by atoms with van der Waals surface area (Å²) in [6.07, 6.45) is 2.95. The normalized spacial score (nSPS) is 19.2. The van der Waals surface area contributed by atoms with E-state index in [2.05, 4.69) is 29.2 Å². The number of nitrogens with zero attached hydrogens (tertiary/aromatic N) is 2. The van der Waals surface area contributed by atoms with Crippen LogP contribution < -0.4 is 5.32 Å². The van der Waals surface area contributed by atoms with Gasteiger partial charge >= 0.3 is 5.97 Å². The van der Waals surface area contributed by atoms with Crippen LogP contribution in [0, 0.1) is 5.92 Å². The molecule has 5 heteroatoms. The average Bonchev–Trinajstić information content (AvgIpc) is 2.82. The summed E-state index contributed by atoms with van der Waals surface area (Å²) in [5.41, 5.74) is 1.16. The van der Waals surface area contributed by atoms with Crippen LogP contribution in [0.25, 0.3) is 0 Å². The van der Waals surface area contributed by atoms with E-state index in [1.807, 2.05) is 0 Å². The van der Waals surface area contributed by atoms with E-state index in [4.69, 9.17) is 5.11 Å². The molecule has 1 aromatic heterocycles. The molecule has 1 unspecified atom stereocenters. The van der Waals surface area contributed by atoms with Crippen LogP contribution in [-0.2, 0) is 6.42 Å². The number of likely N-dealkylation sites (tertiary alicyclic amines) is 1. The van der Waals surface area contributed by atoms with Crippen LogP contribution in [0.15, 0.2) is 12.1 Å². The maximum atomic E-state index is 11.2. The number of rotatable bonds is 6. The summed E-state index contributed by atoms with van der Waals surface area (Å²) in [5.74, 6) is 0.404. The van der Waals surface area contributed by atoms with Gasteiger partial charge in [-0.1, -0.05) is 13.3 Å². The third-order valence-electron chi connectivity index (χ3n) is 3.69. The number of anilines is 1. The van der Waals surface area contributed by atoms with Crippen molar-refractivity contribution in [3.8, 4) is 0 Å². The first-order valence-electron chi connectivity index (χ1n) is 7.25. The fourth-order valence-corrected chi connectivity index (χ4v) is 2.63. The number of aryl methyl sites for hydroxylation is 1. The van der Waals surface area contributed by atoms with Gasteiger partial charge in [0.05, 0.1) is 5.56 Å². The van der Waals surface area contributed by atoms with E-state index in [-0.39, 0.29) is 0 Å². The molecule has 0 aliphatic carbocycles. The standard InChI is InChI=1S/C15H23N3O2/c1-3-4-13-7-12(15(19)20)8-14(17-13)16-9-11-5-6-18(2)10-11/h7-8,11H,3-6,9-10H2,1-2H3,(H,16,17)(H,19,20). The van der Waals surface area contributed by atoms with E-state index in [9.17, 15) is 4.79 Å². The van der Waals surface area contributed by atoms with Gasteiger partial charge in [-0.15, -0.1) is 0 Å². The molecule has 2 rings (SSSR count). The van der Waals surface area contributed by atoms with E-state index in [1.165, 1.54) is 6.42 Å². The van der Waals surface area contributed by atoms with Gasteiger partial charge in [0.25, 0.3) is 0 Å². The summed E-state index contributed by atoms with van der Waals surface area (Å²) in [7, 11) is 2.13. The van der Waals surface area contributed by atoms with Gasteiger partial charge < -0.3 is 15.3 Å². The largest absolute Gasteiger partial charge is 0.478 e. The molecule has 1 atom stereocenters. The fourth-order valence-electron chi connectivity index (χ4n) is 2.63. The molecule has 1 aliphatic heterocycles. The Balaban J connectivity index is 2.03. The van der Waals surface area contributed by atoms with Crippen LogP contribution >= 0.6 is 0 Å². The minimum atomic E-state index is -0.895. The van der Waals surface area contributed by atoms with Crippen molar-refractivity contribution in [3.63, 3.8) is 0 Å². The number of carbonyl (C=O) groups is 1. The first kappa shape index (κ1) is 14.8. The van der Waals surface area contributed by atoms with E-state index in [1.54, 1.807) is 12.1 Å². The van der Waals surface area contributed by atoms with Crippen molar-refractivity contribution in [1.29, 1.82) is 0 Å². The van der Waals surface area contributed by atoms with Gasteiger partial charge in [-0.3, -0.25) is 0 Å². The molecule has 110 valence electrons. The Labute approximate surface area is 120 Å². The van der Waals surface area contributed by atoms with Crippen LogP contribution in [-0.4, -0.2) is 47.6 Å². The Morgan fingerprint density at radius 1 is 1.55 bits per heavy atom. The van der Waals surface area contributed by atoms with Gasteiger partial charge in [-0.25, -0.2) is 9.78 Å². The lowest BCUT2D eigenvalue weighted by molar-refractivity contribution is 0.0696. The van der Waals surface area contributed by atoms with Crippen LogP contribution in [0.3, 0.4) is 0 Å². The van der Waals surface area contributed by atoms with Crippen molar-refractivity contribution in [2.45, 2.75) is 26.2 Å². The second-order valence-corrected chi connectivity index (χ2v) is 5.59. The summed E-state index contributed by atoms with van der Waals surface area (Å²) in [6, 6.07) is 3.29. The molecule has 2 heterocycles. The molecule has 0 spiro atoms. The Morgan fingerprint density at radius 2 is 2.35 bits per heavy atom. The molecule has 0 bridgehead atoms. The van der Waals surface area contributed by atoms with E-state index in [0.717, 1.165) is 38.2 Å². The molecular weight excluding hydrogens is 254 g/mol. The molecular formula is C15H23N3O2. The van der Waals surface area contributed by atoms with Crippen LogP contribution in [0.2, 0.25) is 0 Å². The predicted molar refractivity (Wildman–Crippen MR) is 79.3 cm³/mol. The molecule has 20 heavy (non-hydrogen) atoms. The molecule has 1 aromatic rings. The summed E-state index contributed by atoms with van der Waals surface area (Å²) in [5, 5.41) is 12.5. The zero-order valence-corrected chi connectivity index (χ0v) is 12.2. The summed E-state index contributed by atoms with van der Waals surface area (Å²) < 4.78 is 0. The maximum Gasteiger partial charge on any atom is 0.335 e. The van der Waals surface area contributed by atoms with Crippen LogP contribution in [0.5, 0.6) is 0 Å². The predicted octanol–water partition coefficient (Wildman–Crippen LogP) is 2.10. The van der Waals surface area contributed by atoms with Gasteiger partial charge in [0.2, 0.25) is 0 Å². The summed E-state index contributed by atoms with van der Waals surface area (Å²) in [4.78, 5) is 18.0. The van der Waals surface area contributed by atoms with E-state index in [0.29, 0.717) is 17.3 Å². The Hall–Kier alpha value is -1.62. The Morgan fingerprint density at radius 3 is 2.95 bits per heavy atom. The first-order valence-corrected chi connectivity index (χ1v) is 7.25. The molecule has 0 aromatic carbocycles.